The van der Waals surface area contributed by atoms with Gasteiger partial charge in [0.25, 0.3) is 0 Å². The lowest BCUT2D eigenvalue weighted by Gasteiger charge is -2.26. The predicted molar refractivity (Wildman–Crippen MR) is 129 cm³/mol. The Balaban J connectivity index is 1.46. The van der Waals surface area contributed by atoms with Crippen LogP contribution in [0.1, 0.15) is 60.0 Å². The van der Waals surface area contributed by atoms with Crippen molar-refractivity contribution in [3.8, 4) is 16.9 Å². The molecule has 0 amide bonds. The number of hydrogen-bond donors (Lipinski definition) is 0. The first-order valence-corrected chi connectivity index (χ1v) is 11.9. The van der Waals surface area contributed by atoms with Gasteiger partial charge in [0.2, 0.25) is 0 Å². The number of carbonyl (C=O) groups excluding carboxylic acids is 1. The van der Waals surface area contributed by atoms with E-state index in [0.29, 0.717) is 11.5 Å². The Morgan fingerprint density at radius 2 is 1.49 bits per heavy atom. The zero-order valence-electron chi connectivity index (χ0n) is 19.9. The van der Waals surface area contributed by atoms with Crippen molar-refractivity contribution in [1.82, 2.24) is 0 Å². The fraction of sp³-hybridized carbons (Fsp3) is 0.276. The molecule has 3 aromatic rings. The summed E-state index contributed by atoms with van der Waals surface area (Å²) in [5, 5.41) is 0. The second kappa shape index (κ2) is 10.8. The lowest BCUT2D eigenvalue weighted by Crippen LogP contribution is -2.12. The van der Waals surface area contributed by atoms with Gasteiger partial charge in [0.15, 0.2) is 0 Å². The van der Waals surface area contributed by atoms with E-state index >= 15 is 0 Å². The number of esters is 1. The Morgan fingerprint density at radius 1 is 0.865 bits per heavy atom. The van der Waals surface area contributed by atoms with E-state index in [1.165, 1.54) is 30.5 Å². The first-order chi connectivity index (χ1) is 17.5. The average Bonchev–Trinajstić information content (AvgIpc) is 2.83. The van der Waals surface area contributed by atoms with Crippen LogP contribution in [0, 0.1) is 23.4 Å². The third kappa shape index (κ3) is 6.61. The molecule has 8 heteroatoms. The van der Waals surface area contributed by atoms with Gasteiger partial charge in [-0.05, 0) is 78.3 Å². The van der Waals surface area contributed by atoms with E-state index < -0.39 is 35.2 Å². The number of allylic oxidation sites excluding steroid dienone is 1. The van der Waals surface area contributed by atoms with Crippen molar-refractivity contribution >= 4 is 12.0 Å². The molecule has 4 rings (SSSR count). The highest BCUT2D eigenvalue weighted by atomic mass is 19.4. The van der Waals surface area contributed by atoms with E-state index in [-0.39, 0.29) is 29.0 Å². The van der Waals surface area contributed by atoms with Gasteiger partial charge in [-0.2, -0.15) is 13.2 Å². The summed E-state index contributed by atoms with van der Waals surface area (Å²) >= 11 is 0. The van der Waals surface area contributed by atoms with Gasteiger partial charge >= 0.3 is 12.1 Å². The first kappa shape index (κ1) is 26.5. The summed E-state index contributed by atoms with van der Waals surface area (Å²) in [4.78, 5) is 12.5. The van der Waals surface area contributed by atoms with Gasteiger partial charge in [0.05, 0.1) is 5.56 Å². The van der Waals surface area contributed by atoms with Crippen molar-refractivity contribution in [3.63, 3.8) is 0 Å². The van der Waals surface area contributed by atoms with Crippen LogP contribution in [0.4, 0.5) is 26.3 Å². The minimum Gasteiger partial charge on any atom is -0.423 e. The van der Waals surface area contributed by atoms with Crippen molar-refractivity contribution in [1.29, 1.82) is 0 Å². The van der Waals surface area contributed by atoms with E-state index in [0.717, 1.165) is 37.0 Å². The highest BCUT2D eigenvalue weighted by Crippen LogP contribution is 2.36. The summed E-state index contributed by atoms with van der Waals surface area (Å²) in [6.07, 6.45) is -0.192. The van der Waals surface area contributed by atoms with Crippen LogP contribution < -0.4 is 4.74 Å². The molecule has 3 aromatic carbocycles. The fourth-order valence-corrected chi connectivity index (χ4v) is 4.52. The predicted octanol–water partition coefficient (Wildman–Crippen LogP) is 8.86. The van der Waals surface area contributed by atoms with Gasteiger partial charge in [-0.3, -0.25) is 0 Å². The summed E-state index contributed by atoms with van der Waals surface area (Å²) in [5.41, 5.74) is 0.135. The van der Waals surface area contributed by atoms with Crippen LogP contribution in [0.15, 0.2) is 60.7 Å². The minimum absolute atomic E-state index is 0.109. The number of ether oxygens (including phenoxy) is 1. The van der Waals surface area contributed by atoms with Crippen molar-refractivity contribution in [2.45, 2.75) is 44.7 Å². The largest absolute Gasteiger partial charge is 0.423 e. The Kier molecular flexibility index (Phi) is 7.76. The van der Waals surface area contributed by atoms with Gasteiger partial charge in [-0.1, -0.05) is 31.9 Å². The molecule has 0 bridgehead atoms. The maximum atomic E-state index is 14.7. The topological polar surface area (TPSA) is 26.3 Å². The zero-order chi connectivity index (χ0) is 26.7. The van der Waals surface area contributed by atoms with Crippen LogP contribution in [-0.2, 0) is 0 Å². The quantitative estimate of drug-likeness (QED) is 0.192. The number of halogens is 6. The Bertz CT molecular complexity index is 1280. The molecule has 0 aromatic heterocycles. The highest BCUT2D eigenvalue weighted by Gasteiger charge is 2.23. The molecule has 0 saturated heterocycles. The molecule has 0 spiro atoms. The van der Waals surface area contributed by atoms with Crippen LogP contribution in [0.3, 0.4) is 0 Å². The van der Waals surface area contributed by atoms with E-state index in [4.69, 9.17) is 4.74 Å². The molecule has 0 N–H and O–H groups in total. The van der Waals surface area contributed by atoms with Gasteiger partial charge in [-0.15, -0.1) is 0 Å². The SMILES string of the molecule is CC1CCC(c2ccc(C(=O)Oc3ccc(-c4cc(F)c(/C=C/C(F)(F)F)c(F)c4)c(F)c3)cc2)CC1. The monoisotopic (exact) mass is 518 g/mol. The normalized spacial score (nSPS) is 18.2. The summed E-state index contributed by atoms with van der Waals surface area (Å²) < 4.78 is 85.5. The van der Waals surface area contributed by atoms with Crippen molar-refractivity contribution in [3.05, 3.63) is 94.8 Å². The molecule has 194 valence electrons. The molecule has 0 aliphatic heterocycles. The summed E-state index contributed by atoms with van der Waals surface area (Å²) in [6.45, 7) is 2.25. The minimum atomic E-state index is -4.74. The third-order valence-corrected chi connectivity index (χ3v) is 6.61. The molecular weight excluding hydrogens is 494 g/mol. The highest BCUT2D eigenvalue weighted by molar-refractivity contribution is 5.91. The Hall–Kier alpha value is -3.55. The maximum absolute atomic E-state index is 14.7. The van der Waals surface area contributed by atoms with Crippen LogP contribution in [0.25, 0.3) is 17.2 Å². The van der Waals surface area contributed by atoms with Crippen molar-refractivity contribution in [2.75, 3.05) is 0 Å². The third-order valence-electron chi connectivity index (χ3n) is 6.61. The molecule has 2 nitrogen and oxygen atoms in total. The van der Waals surface area contributed by atoms with Gasteiger partial charge in [0.1, 0.15) is 23.2 Å². The number of alkyl halides is 3. The smallest absolute Gasteiger partial charge is 0.409 e. The van der Waals surface area contributed by atoms with Crippen LogP contribution in [0.5, 0.6) is 5.75 Å². The number of benzene rings is 3. The van der Waals surface area contributed by atoms with Gasteiger partial charge < -0.3 is 4.74 Å². The summed E-state index contributed by atoms with van der Waals surface area (Å²) in [6, 6.07) is 11.9. The van der Waals surface area contributed by atoms with E-state index in [1.807, 2.05) is 12.1 Å². The lowest BCUT2D eigenvalue weighted by atomic mass is 9.79. The Labute approximate surface area is 210 Å². The zero-order valence-corrected chi connectivity index (χ0v) is 19.9. The Morgan fingerprint density at radius 3 is 2.05 bits per heavy atom. The van der Waals surface area contributed by atoms with Gasteiger partial charge in [-0.25, -0.2) is 18.0 Å². The van der Waals surface area contributed by atoms with Crippen molar-refractivity contribution in [2.24, 2.45) is 5.92 Å². The van der Waals surface area contributed by atoms with Crippen LogP contribution in [-0.4, -0.2) is 12.1 Å². The number of carbonyl (C=O) groups is 1. The van der Waals surface area contributed by atoms with E-state index in [2.05, 4.69) is 6.92 Å². The number of rotatable bonds is 5. The summed E-state index contributed by atoms with van der Waals surface area (Å²) in [7, 11) is 0. The molecule has 1 fully saturated rings. The molecule has 37 heavy (non-hydrogen) atoms. The van der Waals surface area contributed by atoms with Crippen LogP contribution >= 0.6 is 0 Å². The average molecular weight is 518 g/mol. The lowest BCUT2D eigenvalue weighted by molar-refractivity contribution is -0.0790. The first-order valence-electron chi connectivity index (χ1n) is 11.9. The van der Waals surface area contributed by atoms with Crippen molar-refractivity contribution < 1.29 is 35.9 Å². The molecule has 1 saturated carbocycles. The molecule has 0 radical (unpaired) electrons. The van der Waals surface area contributed by atoms with E-state index in [9.17, 15) is 31.1 Å². The standard InChI is InChI=1S/C29H24F6O2/c1-17-2-4-18(5-3-17)19-6-8-20(9-7-19)28(36)37-22-10-11-23(27(32)16-22)21-14-25(30)24(26(31)15-21)12-13-29(33,34)35/h6-18H,2-5H2,1H3/b13-12+. The van der Waals surface area contributed by atoms with Crippen LogP contribution in [0.2, 0.25) is 0 Å². The second-order valence-corrected chi connectivity index (χ2v) is 9.34. The molecular formula is C29H24F6O2. The molecule has 0 unspecified atom stereocenters. The molecule has 0 atom stereocenters. The van der Waals surface area contributed by atoms with E-state index in [1.54, 1.807) is 12.1 Å². The molecule has 1 aliphatic rings. The van der Waals surface area contributed by atoms with Gasteiger partial charge in [0, 0.05) is 23.3 Å². The second-order valence-electron chi connectivity index (χ2n) is 9.34. The fourth-order valence-electron chi connectivity index (χ4n) is 4.52. The molecule has 0 heterocycles. The molecule has 1 aliphatic carbocycles. The maximum Gasteiger partial charge on any atom is 0.409 e. The number of hydrogen-bond acceptors (Lipinski definition) is 2. The summed E-state index contributed by atoms with van der Waals surface area (Å²) in [5.74, 6) is -3.09.